The van der Waals surface area contributed by atoms with Crippen molar-refractivity contribution in [2.24, 2.45) is 11.7 Å². The summed E-state index contributed by atoms with van der Waals surface area (Å²) in [5, 5.41) is 8.59. The second kappa shape index (κ2) is 5.28. The molecule has 2 aromatic rings. The smallest absolute Gasteiger partial charge is 0.161 e. The van der Waals surface area contributed by atoms with Crippen molar-refractivity contribution in [1.29, 1.82) is 0 Å². The molecule has 0 saturated carbocycles. The molecule has 0 amide bonds. The predicted molar refractivity (Wildman–Crippen MR) is 74.6 cm³/mol. The summed E-state index contributed by atoms with van der Waals surface area (Å²) < 4.78 is 2.13. The van der Waals surface area contributed by atoms with Crippen LogP contribution in [0.1, 0.15) is 24.4 Å². The van der Waals surface area contributed by atoms with E-state index in [9.17, 15) is 0 Å². The van der Waals surface area contributed by atoms with Crippen molar-refractivity contribution in [3.05, 3.63) is 29.7 Å². The molecule has 0 radical (unpaired) electrons. The van der Waals surface area contributed by atoms with Crippen molar-refractivity contribution < 1.29 is 0 Å². The monoisotopic (exact) mass is 262 g/mol. The molecule has 4 nitrogen and oxygen atoms in total. The van der Waals surface area contributed by atoms with Gasteiger partial charge in [0.25, 0.3) is 0 Å². The number of fused-ring (bicyclic) bond motifs is 1. The lowest BCUT2D eigenvalue weighted by Gasteiger charge is -2.20. The summed E-state index contributed by atoms with van der Waals surface area (Å²) in [6.45, 7) is 0.531. The molecule has 1 saturated heterocycles. The molecule has 0 atom stereocenters. The largest absolute Gasteiger partial charge is 0.325 e. The number of nitrogens with zero attached hydrogens (tertiary/aromatic N) is 3. The van der Waals surface area contributed by atoms with Crippen molar-refractivity contribution in [3.63, 3.8) is 0 Å². The SMILES string of the molecule is NCc1cccc2nnc(CC3CCSCC3)n12. The van der Waals surface area contributed by atoms with Gasteiger partial charge in [-0.1, -0.05) is 6.07 Å². The van der Waals surface area contributed by atoms with Crippen molar-refractivity contribution in [2.45, 2.75) is 25.8 Å². The fourth-order valence-corrected chi connectivity index (χ4v) is 3.78. The zero-order valence-electron chi connectivity index (χ0n) is 10.4. The highest BCUT2D eigenvalue weighted by atomic mass is 32.2. The molecular weight excluding hydrogens is 244 g/mol. The Balaban J connectivity index is 1.91. The highest BCUT2D eigenvalue weighted by molar-refractivity contribution is 7.99. The van der Waals surface area contributed by atoms with E-state index in [4.69, 9.17) is 5.73 Å². The Morgan fingerprint density at radius 1 is 1.28 bits per heavy atom. The van der Waals surface area contributed by atoms with Crippen molar-refractivity contribution in [3.8, 4) is 0 Å². The average Bonchev–Trinajstić information content (AvgIpc) is 2.83. The van der Waals surface area contributed by atoms with Crippen LogP contribution in [0.3, 0.4) is 0 Å². The van der Waals surface area contributed by atoms with Crippen molar-refractivity contribution >= 4 is 17.4 Å². The minimum absolute atomic E-state index is 0.531. The Hall–Kier alpha value is -1.07. The molecule has 1 aliphatic heterocycles. The average molecular weight is 262 g/mol. The molecule has 96 valence electrons. The van der Waals surface area contributed by atoms with Gasteiger partial charge in [-0.3, -0.25) is 4.40 Å². The van der Waals surface area contributed by atoms with E-state index in [1.807, 2.05) is 12.1 Å². The Morgan fingerprint density at radius 3 is 2.89 bits per heavy atom. The van der Waals surface area contributed by atoms with Crippen LogP contribution < -0.4 is 5.73 Å². The minimum atomic E-state index is 0.531. The number of pyridine rings is 1. The Kier molecular flexibility index (Phi) is 3.52. The van der Waals surface area contributed by atoms with Crippen molar-refractivity contribution in [2.75, 3.05) is 11.5 Å². The molecule has 3 heterocycles. The summed E-state index contributed by atoms with van der Waals surface area (Å²) >= 11 is 2.06. The van der Waals surface area contributed by atoms with Crippen LogP contribution in [-0.4, -0.2) is 26.1 Å². The van der Waals surface area contributed by atoms with E-state index in [0.717, 1.165) is 29.5 Å². The van der Waals surface area contributed by atoms with Crippen LogP contribution in [0.5, 0.6) is 0 Å². The normalized spacial score (nSPS) is 17.4. The summed E-state index contributed by atoms with van der Waals surface area (Å²) in [5.41, 5.74) is 7.81. The summed E-state index contributed by atoms with van der Waals surface area (Å²) in [5.74, 6) is 4.39. The van der Waals surface area contributed by atoms with Gasteiger partial charge in [-0.05, 0) is 42.4 Å². The third-order valence-electron chi connectivity index (χ3n) is 3.60. The highest BCUT2D eigenvalue weighted by Crippen LogP contribution is 2.25. The first kappa shape index (κ1) is 12.0. The maximum absolute atomic E-state index is 5.80. The number of thioether (sulfide) groups is 1. The molecule has 2 N–H and O–H groups in total. The van der Waals surface area contributed by atoms with Gasteiger partial charge in [0.05, 0.1) is 0 Å². The maximum atomic E-state index is 5.80. The molecule has 5 heteroatoms. The molecular formula is C13H18N4S. The van der Waals surface area contributed by atoms with E-state index in [2.05, 4.69) is 32.4 Å². The Morgan fingerprint density at radius 2 is 2.11 bits per heavy atom. The summed E-state index contributed by atoms with van der Waals surface area (Å²) in [6.07, 6.45) is 3.62. The van der Waals surface area contributed by atoms with Gasteiger partial charge >= 0.3 is 0 Å². The molecule has 2 aromatic heterocycles. The van der Waals surface area contributed by atoms with E-state index in [1.54, 1.807) is 0 Å². The van der Waals surface area contributed by atoms with E-state index in [0.29, 0.717) is 6.54 Å². The predicted octanol–water partition coefficient (Wildman–Crippen LogP) is 1.87. The quantitative estimate of drug-likeness (QED) is 0.917. The lowest BCUT2D eigenvalue weighted by molar-refractivity contribution is 0.473. The van der Waals surface area contributed by atoms with Gasteiger partial charge in [0.1, 0.15) is 5.82 Å². The van der Waals surface area contributed by atoms with Gasteiger partial charge in [0, 0.05) is 18.7 Å². The molecule has 0 aliphatic carbocycles. The van der Waals surface area contributed by atoms with Gasteiger partial charge < -0.3 is 5.73 Å². The highest BCUT2D eigenvalue weighted by Gasteiger charge is 2.18. The molecule has 0 bridgehead atoms. The fourth-order valence-electron chi connectivity index (χ4n) is 2.57. The van der Waals surface area contributed by atoms with Gasteiger partial charge in [0.2, 0.25) is 0 Å². The number of hydrogen-bond donors (Lipinski definition) is 1. The second-order valence-corrected chi connectivity index (χ2v) is 6.02. The fraction of sp³-hybridized carbons (Fsp3) is 0.538. The van der Waals surface area contributed by atoms with Gasteiger partial charge in [-0.25, -0.2) is 0 Å². The van der Waals surface area contributed by atoms with E-state index in [1.165, 1.54) is 24.3 Å². The van der Waals surface area contributed by atoms with Crippen LogP contribution in [0.15, 0.2) is 18.2 Å². The summed E-state index contributed by atoms with van der Waals surface area (Å²) in [4.78, 5) is 0. The summed E-state index contributed by atoms with van der Waals surface area (Å²) in [6, 6.07) is 6.04. The molecule has 0 unspecified atom stereocenters. The topological polar surface area (TPSA) is 56.2 Å². The third kappa shape index (κ3) is 2.24. The van der Waals surface area contributed by atoms with Crippen LogP contribution in [0.25, 0.3) is 5.65 Å². The molecule has 3 rings (SSSR count). The van der Waals surface area contributed by atoms with E-state index in [-0.39, 0.29) is 0 Å². The minimum Gasteiger partial charge on any atom is -0.325 e. The van der Waals surface area contributed by atoms with Crippen LogP contribution in [0.2, 0.25) is 0 Å². The molecule has 18 heavy (non-hydrogen) atoms. The lowest BCUT2D eigenvalue weighted by Crippen LogP contribution is -2.15. The molecule has 0 spiro atoms. The molecule has 1 fully saturated rings. The zero-order chi connectivity index (χ0) is 12.4. The summed E-state index contributed by atoms with van der Waals surface area (Å²) in [7, 11) is 0. The molecule has 1 aliphatic rings. The number of aromatic nitrogens is 3. The molecule has 0 aromatic carbocycles. The van der Waals surface area contributed by atoms with Crippen LogP contribution >= 0.6 is 11.8 Å². The standard InChI is InChI=1S/C13H18N4S/c14-9-11-2-1-3-12-15-16-13(17(11)12)8-10-4-6-18-7-5-10/h1-3,10H,4-9,14H2. The zero-order valence-corrected chi connectivity index (χ0v) is 11.2. The Bertz CT molecular complexity index is 531. The first-order valence-corrected chi connectivity index (χ1v) is 7.63. The van der Waals surface area contributed by atoms with Crippen LogP contribution in [0, 0.1) is 5.92 Å². The van der Waals surface area contributed by atoms with Gasteiger partial charge in [-0.15, -0.1) is 10.2 Å². The second-order valence-electron chi connectivity index (χ2n) is 4.79. The number of rotatable bonds is 3. The first-order valence-electron chi connectivity index (χ1n) is 6.48. The Labute approximate surface area is 111 Å². The van der Waals surface area contributed by atoms with Crippen LogP contribution in [0.4, 0.5) is 0 Å². The van der Waals surface area contributed by atoms with Gasteiger partial charge in [0.15, 0.2) is 5.65 Å². The van der Waals surface area contributed by atoms with Crippen molar-refractivity contribution in [1.82, 2.24) is 14.6 Å². The maximum Gasteiger partial charge on any atom is 0.161 e. The van der Waals surface area contributed by atoms with Gasteiger partial charge in [-0.2, -0.15) is 11.8 Å². The van der Waals surface area contributed by atoms with Crippen LogP contribution in [-0.2, 0) is 13.0 Å². The van der Waals surface area contributed by atoms with E-state index < -0.39 is 0 Å². The lowest BCUT2D eigenvalue weighted by atomic mass is 9.98. The van der Waals surface area contributed by atoms with E-state index >= 15 is 0 Å². The number of nitrogens with two attached hydrogens (primary N) is 1. The first-order chi connectivity index (χ1) is 8.88. The number of hydrogen-bond acceptors (Lipinski definition) is 4. The third-order valence-corrected chi connectivity index (χ3v) is 4.65.